The van der Waals surface area contributed by atoms with Crippen molar-refractivity contribution in [2.24, 2.45) is 5.92 Å². The van der Waals surface area contributed by atoms with Crippen LogP contribution in [0.15, 0.2) is 18.2 Å². The van der Waals surface area contributed by atoms with Crippen molar-refractivity contribution in [3.63, 3.8) is 0 Å². The smallest absolute Gasteiger partial charge is 0.246 e. The molecule has 31 heavy (non-hydrogen) atoms. The molecule has 9 heteroatoms. The van der Waals surface area contributed by atoms with Crippen molar-refractivity contribution < 1.29 is 18.7 Å². The summed E-state index contributed by atoms with van der Waals surface area (Å²) >= 11 is 0. The summed E-state index contributed by atoms with van der Waals surface area (Å²) < 4.78 is 25.4. The van der Waals surface area contributed by atoms with E-state index in [4.69, 9.17) is 15.2 Å². The summed E-state index contributed by atoms with van der Waals surface area (Å²) in [6.45, 7) is 3.59. The maximum absolute atomic E-state index is 15.1. The average molecular weight is 429 g/mol. The molecule has 2 N–H and O–H groups in total. The fraction of sp³-hybridized carbons (Fsp3) is 0.500. The molecule has 8 nitrogen and oxygen atoms in total. The molecule has 1 saturated heterocycles. The van der Waals surface area contributed by atoms with E-state index in [0.29, 0.717) is 36.9 Å². The van der Waals surface area contributed by atoms with Crippen LogP contribution in [-0.4, -0.2) is 60.7 Å². The quantitative estimate of drug-likeness (QED) is 0.731. The van der Waals surface area contributed by atoms with E-state index < -0.39 is 5.82 Å². The van der Waals surface area contributed by atoms with Gasteiger partial charge in [-0.1, -0.05) is 12.5 Å². The Morgan fingerprint density at radius 1 is 1.26 bits per heavy atom. The summed E-state index contributed by atoms with van der Waals surface area (Å²) in [5, 5.41) is 0.362. The summed E-state index contributed by atoms with van der Waals surface area (Å²) in [4.78, 5) is 25.2. The van der Waals surface area contributed by atoms with Gasteiger partial charge in [-0.15, -0.1) is 0 Å². The number of benzene rings is 1. The van der Waals surface area contributed by atoms with Crippen LogP contribution in [0.3, 0.4) is 0 Å². The molecule has 2 aliphatic rings. The van der Waals surface area contributed by atoms with E-state index in [2.05, 4.69) is 9.97 Å². The molecule has 166 valence electrons. The number of nitrogen functional groups attached to an aromatic ring is 1. The average Bonchev–Trinajstić information content (AvgIpc) is 2.72. The Labute approximate surface area is 180 Å². The minimum Gasteiger partial charge on any atom is -0.493 e. The maximum Gasteiger partial charge on any atom is 0.246 e. The van der Waals surface area contributed by atoms with E-state index in [1.54, 1.807) is 12.1 Å². The summed E-state index contributed by atoms with van der Waals surface area (Å²) in [6, 6.07) is 1.53. The van der Waals surface area contributed by atoms with Gasteiger partial charge in [0.1, 0.15) is 11.3 Å². The van der Waals surface area contributed by atoms with E-state index in [0.717, 1.165) is 0 Å². The third kappa shape index (κ3) is 3.96. The Morgan fingerprint density at radius 3 is 2.65 bits per heavy atom. The Bertz CT molecular complexity index is 1020. The van der Waals surface area contributed by atoms with Gasteiger partial charge >= 0.3 is 0 Å². The van der Waals surface area contributed by atoms with Crippen molar-refractivity contribution in [2.75, 3.05) is 44.5 Å². The van der Waals surface area contributed by atoms with Gasteiger partial charge in [0.25, 0.3) is 0 Å². The molecule has 1 aromatic heterocycles. The van der Waals surface area contributed by atoms with E-state index >= 15 is 4.39 Å². The third-order valence-electron chi connectivity index (χ3n) is 6.15. The number of piperazine rings is 1. The first-order chi connectivity index (χ1) is 14.9. The molecule has 1 atom stereocenters. The van der Waals surface area contributed by atoms with Crippen molar-refractivity contribution >= 4 is 28.6 Å². The Balaban J connectivity index is 1.57. The SMILES string of the molecule is COc1cc2c(N)nc(N3CCN(C(=O)C=CC4CCC4)CC3C)nc2c(F)c1OC. The lowest BCUT2D eigenvalue weighted by atomic mass is 9.85. The Morgan fingerprint density at radius 2 is 2.03 bits per heavy atom. The molecular weight excluding hydrogens is 401 g/mol. The van der Waals surface area contributed by atoms with Crippen LogP contribution in [0.4, 0.5) is 16.2 Å². The van der Waals surface area contributed by atoms with Crippen LogP contribution in [-0.2, 0) is 4.79 Å². The number of carbonyl (C=O) groups excluding carboxylic acids is 1. The number of carbonyl (C=O) groups is 1. The lowest BCUT2D eigenvalue weighted by molar-refractivity contribution is -0.126. The predicted molar refractivity (Wildman–Crippen MR) is 117 cm³/mol. The highest BCUT2D eigenvalue weighted by atomic mass is 19.1. The highest BCUT2D eigenvalue weighted by molar-refractivity contribution is 5.92. The number of halogens is 1. The molecule has 4 rings (SSSR count). The Kier molecular flexibility index (Phi) is 5.84. The number of amides is 1. The van der Waals surface area contributed by atoms with Gasteiger partial charge < -0.3 is 25.0 Å². The molecule has 1 aliphatic heterocycles. The minimum absolute atomic E-state index is 0.0271. The maximum atomic E-state index is 15.1. The molecule has 1 aliphatic carbocycles. The van der Waals surface area contributed by atoms with Gasteiger partial charge in [0.15, 0.2) is 17.3 Å². The fourth-order valence-corrected chi connectivity index (χ4v) is 4.08. The van der Waals surface area contributed by atoms with Crippen LogP contribution in [0.1, 0.15) is 26.2 Å². The first-order valence-electron chi connectivity index (χ1n) is 10.5. The summed E-state index contributed by atoms with van der Waals surface area (Å²) in [7, 11) is 2.80. The number of allylic oxidation sites excluding steroid dienone is 1. The number of methoxy groups -OCH3 is 2. The summed E-state index contributed by atoms with van der Waals surface area (Å²) in [5.74, 6) is 0.624. The molecule has 0 radical (unpaired) electrons. The highest BCUT2D eigenvalue weighted by Gasteiger charge is 2.29. The largest absolute Gasteiger partial charge is 0.493 e. The van der Waals surface area contributed by atoms with E-state index in [1.165, 1.54) is 33.5 Å². The minimum atomic E-state index is -0.644. The van der Waals surface area contributed by atoms with Crippen molar-refractivity contribution in [1.82, 2.24) is 14.9 Å². The number of aromatic nitrogens is 2. The number of fused-ring (bicyclic) bond motifs is 1. The zero-order chi connectivity index (χ0) is 22.1. The first-order valence-corrected chi connectivity index (χ1v) is 10.5. The lowest BCUT2D eigenvalue weighted by Crippen LogP contribution is -2.54. The van der Waals surface area contributed by atoms with E-state index in [9.17, 15) is 4.79 Å². The number of hydrogen-bond donors (Lipinski definition) is 1. The number of rotatable bonds is 5. The van der Waals surface area contributed by atoms with Crippen LogP contribution in [0, 0.1) is 11.7 Å². The zero-order valence-electron chi connectivity index (χ0n) is 18.1. The molecule has 2 fully saturated rings. The van der Waals surface area contributed by atoms with E-state index in [1.807, 2.05) is 22.8 Å². The van der Waals surface area contributed by atoms with Crippen molar-refractivity contribution in [2.45, 2.75) is 32.2 Å². The molecule has 1 aromatic carbocycles. The second-order valence-corrected chi connectivity index (χ2v) is 8.11. The van der Waals surface area contributed by atoms with Gasteiger partial charge in [-0.05, 0) is 37.8 Å². The standard InChI is InChI=1S/C22H28FN5O3/c1-13-12-27(17(29)8-7-14-5-4-6-14)9-10-28(13)22-25-19-15(21(24)26-22)11-16(30-2)20(31-3)18(19)23/h7-8,11,13-14H,4-6,9-10,12H2,1-3H3,(H2,24,25,26). The van der Waals surface area contributed by atoms with Crippen LogP contribution in [0.2, 0.25) is 0 Å². The number of nitrogens with zero attached hydrogens (tertiary/aromatic N) is 4. The first kappa shape index (κ1) is 21.1. The van der Waals surface area contributed by atoms with Gasteiger partial charge in [0.05, 0.1) is 14.2 Å². The van der Waals surface area contributed by atoms with E-state index in [-0.39, 0.29) is 34.8 Å². The van der Waals surface area contributed by atoms with Gasteiger partial charge in [-0.3, -0.25) is 4.79 Å². The number of hydrogen-bond acceptors (Lipinski definition) is 7. The lowest BCUT2D eigenvalue weighted by Gasteiger charge is -2.39. The number of anilines is 2. The second kappa shape index (κ2) is 8.56. The molecule has 1 unspecified atom stereocenters. The molecule has 2 aromatic rings. The molecule has 0 spiro atoms. The van der Waals surface area contributed by atoms with Crippen molar-refractivity contribution in [3.05, 3.63) is 24.0 Å². The Hall–Kier alpha value is -3.10. The number of ether oxygens (including phenoxy) is 2. The normalized spacial score (nSPS) is 19.7. The molecular formula is C22H28FN5O3. The monoisotopic (exact) mass is 429 g/mol. The molecule has 1 amide bonds. The van der Waals surface area contributed by atoms with Crippen molar-refractivity contribution in [1.29, 1.82) is 0 Å². The number of nitrogens with two attached hydrogens (primary N) is 1. The van der Waals surface area contributed by atoms with Crippen LogP contribution in [0.5, 0.6) is 11.5 Å². The topological polar surface area (TPSA) is 93.8 Å². The van der Waals surface area contributed by atoms with Gasteiger partial charge in [0, 0.05) is 31.1 Å². The summed E-state index contributed by atoms with van der Waals surface area (Å²) in [5.41, 5.74) is 6.22. The zero-order valence-corrected chi connectivity index (χ0v) is 18.1. The molecule has 2 heterocycles. The van der Waals surface area contributed by atoms with Crippen LogP contribution in [0.25, 0.3) is 10.9 Å². The predicted octanol–water partition coefficient (Wildman–Crippen LogP) is 2.76. The summed E-state index contributed by atoms with van der Waals surface area (Å²) in [6.07, 6.45) is 7.31. The fourth-order valence-electron chi connectivity index (χ4n) is 4.08. The van der Waals surface area contributed by atoms with Gasteiger partial charge in [-0.2, -0.15) is 4.98 Å². The third-order valence-corrected chi connectivity index (χ3v) is 6.15. The molecule has 1 saturated carbocycles. The van der Waals surface area contributed by atoms with Gasteiger partial charge in [0.2, 0.25) is 11.9 Å². The molecule has 0 bridgehead atoms. The van der Waals surface area contributed by atoms with Gasteiger partial charge in [-0.25, -0.2) is 9.37 Å². The second-order valence-electron chi connectivity index (χ2n) is 8.11. The van der Waals surface area contributed by atoms with Crippen LogP contribution >= 0.6 is 0 Å². The van der Waals surface area contributed by atoms with Crippen LogP contribution < -0.4 is 20.1 Å². The van der Waals surface area contributed by atoms with Crippen molar-refractivity contribution in [3.8, 4) is 11.5 Å². The highest BCUT2D eigenvalue weighted by Crippen LogP contribution is 2.37.